The summed E-state index contributed by atoms with van der Waals surface area (Å²) in [6, 6.07) is 19.3. The summed E-state index contributed by atoms with van der Waals surface area (Å²) >= 11 is 0. The van der Waals surface area contributed by atoms with Gasteiger partial charge >= 0.3 is 0 Å². The Morgan fingerprint density at radius 1 is 0.812 bits per heavy atom. The Kier molecular flexibility index (Phi) is 5.55. The molecule has 32 heavy (non-hydrogen) atoms. The number of aryl methyl sites for hydroxylation is 1. The Hall–Kier alpha value is -4.26. The number of benzene rings is 3. The van der Waals surface area contributed by atoms with Crippen LogP contribution in [0, 0.1) is 12.7 Å². The van der Waals surface area contributed by atoms with E-state index in [1.54, 1.807) is 36.4 Å². The lowest BCUT2D eigenvalue weighted by atomic mass is 10.0. The molecule has 0 spiro atoms. The molecule has 0 fully saturated rings. The highest BCUT2D eigenvalue weighted by molar-refractivity contribution is 6.46. The molecule has 0 saturated carbocycles. The Morgan fingerprint density at radius 3 is 2.00 bits per heavy atom. The van der Waals surface area contributed by atoms with Gasteiger partial charge in [0.15, 0.2) is 0 Å². The number of nitrogens with zero attached hydrogens (tertiary/aromatic N) is 1. The highest BCUT2D eigenvalue weighted by Crippen LogP contribution is 2.34. The SMILES string of the molecule is CC(=O)Nc1ccc(N2C(=O)C(Nc3ccc(F)cc3)=C(c3ccc(C)cc3)C2=O)cc1. The van der Waals surface area contributed by atoms with E-state index in [1.165, 1.54) is 31.2 Å². The normalized spacial score (nSPS) is 13.5. The number of nitrogens with one attached hydrogen (secondary N) is 2. The van der Waals surface area contributed by atoms with E-state index in [0.29, 0.717) is 22.6 Å². The number of hydrogen-bond acceptors (Lipinski definition) is 4. The van der Waals surface area contributed by atoms with Gasteiger partial charge in [-0.2, -0.15) is 0 Å². The van der Waals surface area contributed by atoms with Crippen molar-refractivity contribution in [3.05, 3.63) is 95.4 Å². The Balaban J connectivity index is 1.74. The van der Waals surface area contributed by atoms with Crippen LogP contribution in [0.1, 0.15) is 18.1 Å². The molecule has 3 amide bonds. The third-order valence-electron chi connectivity index (χ3n) is 4.98. The van der Waals surface area contributed by atoms with E-state index < -0.39 is 17.6 Å². The van der Waals surface area contributed by atoms with Crippen molar-refractivity contribution in [2.45, 2.75) is 13.8 Å². The van der Waals surface area contributed by atoms with E-state index in [1.807, 2.05) is 19.1 Å². The van der Waals surface area contributed by atoms with E-state index in [2.05, 4.69) is 10.6 Å². The number of halogens is 1. The van der Waals surface area contributed by atoms with Crippen LogP contribution in [0.5, 0.6) is 0 Å². The zero-order valence-corrected chi connectivity index (χ0v) is 17.5. The molecule has 160 valence electrons. The largest absolute Gasteiger partial charge is 0.350 e. The highest BCUT2D eigenvalue weighted by Gasteiger charge is 2.40. The molecule has 4 rings (SSSR count). The fourth-order valence-electron chi connectivity index (χ4n) is 3.44. The Morgan fingerprint density at radius 2 is 1.41 bits per heavy atom. The number of rotatable bonds is 5. The number of hydrogen-bond donors (Lipinski definition) is 2. The molecule has 1 aliphatic rings. The van der Waals surface area contributed by atoms with Crippen molar-refractivity contribution >= 4 is 40.4 Å². The lowest BCUT2D eigenvalue weighted by Gasteiger charge is -2.16. The first-order valence-corrected chi connectivity index (χ1v) is 9.94. The number of amides is 3. The van der Waals surface area contributed by atoms with Gasteiger partial charge in [0.25, 0.3) is 11.8 Å². The van der Waals surface area contributed by atoms with E-state index in [9.17, 15) is 18.8 Å². The third-order valence-corrected chi connectivity index (χ3v) is 4.98. The van der Waals surface area contributed by atoms with Gasteiger partial charge in [0.1, 0.15) is 11.5 Å². The van der Waals surface area contributed by atoms with E-state index in [4.69, 9.17) is 0 Å². The maximum absolute atomic E-state index is 13.4. The van der Waals surface area contributed by atoms with Crippen LogP contribution in [0.25, 0.3) is 5.57 Å². The van der Waals surface area contributed by atoms with Crippen molar-refractivity contribution in [2.75, 3.05) is 15.5 Å². The molecule has 0 unspecified atom stereocenters. The fraction of sp³-hybridized carbons (Fsp3) is 0.0800. The third kappa shape index (κ3) is 4.13. The van der Waals surface area contributed by atoms with Gasteiger partial charge < -0.3 is 10.6 Å². The van der Waals surface area contributed by atoms with Crippen molar-refractivity contribution in [3.8, 4) is 0 Å². The van der Waals surface area contributed by atoms with E-state index in [-0.39, 0.29) is 17.2 Å². The summed E-state index contributed by atoms with van der Waals surface area (Å²) in [6.07, 6.45) is 0. The molecule has 1 aliphatic heterocycles. The minimum atomic E-state index is -0.526. The zero-order chi connectivity index (χ0) is 22.8. The zero-order valence-electron chi connectivity index (χ0n) is 17.5. The fourth-order valence-corrected chi connectivity index (χ4v) is 3.44. The van der Waals surface area contributed by atoms with Crippen molar-refractivity contribution in [1.82, 2.24) is 0 Å². The molecule has 0 saturated heterocycles. The van der Waals surface area contributed by atoms with Gasteiger partial charge in [-0.1, -0.05) is 29.8 Å². The second kappa shape index (κ2) is 8.47. The molecule has 1 heterocycles. The summed E-state index contributed by atoms with van der Waals surface area (Å²) in [7, 11) is 0. The van der Waals surface area contributed by atoms with Crippen LogP contribution in [0.15, 0.2) is 78.5 Å². The molecule has 0 aromatic heterocycles. The van der Waals surface area contributed by atoms with E-state index in [0.717, 1.165) is 10.5 Å². The van der Waals surface area contributed by atoms with Crippen LogP contribution in [-0.4, -0.2) is 17.7 Å². The molecule has 0 bridgehead atoms. The summed E-state index contributed by atoms with van der Waals surface area (Å²) in [6.45, 7) is 3.33. The van der Waals surface area contributed by atoms with Gasteiger partial charge in [-0.15, -0.1) is 0 Å². The second-order valence-electron chi connectivity index (χ2n) is 7.42. The van der Waals surface area contributed by atoms with Crippen LogP contribution in [0.4, 0.5) is 21.5 Å². The standard InChI is InChI=1S/C25H20FN3O3/c1-15-3-5-17(6-4-15)22-23(28-20-9-7-18(26)8-10-20)25(32)29(24(22)31)21-13-11-19(12-14-21)27-16(2)30/h3-14,28H,1-2H3,(H,27,30). The Labute approximate surface area is 184 Å². The first-order valence-electron chi connectivity index (χ1n) is 9.94. The molecule has 3 aromatic carbocycles. The average Bonchev–Trinajstić information content (AvgIpc) is 3.00. The van der Waals surface area contributed by atoms with Gasteiger partial charge in [-0.25, -0.2) is 9.29 Å². The van der Waals surface area contributed by atoms with E-state index >= 15 is 0 Å². The van der Waals surface area contributed by atoms with Crippen molar-refractivity contribution in [2.24, 2.45) is 0 Å². The van der Waals surface area contributed by atoms with Crippen molar-refractivity contribution in [3.63, 3.8) is 0 Å². The molecule has 3 aromatic rings. The van der Waals surface area contributed by atoms with Crippen LogP contribution in [0.2, 0.25) is 0 Å². The summed E-state index contributed by atoms with van der Waals surface area (Å²) in [5.74, 6) is -1.63. The number of carbonyl (C=O) groups is 3. The van der Waals surface area contributed by atoms with Gasteiger partial charge in [-0.05, 0) is 61.0 Å². The Bertz CT molecular complexity index is 1230. The number of carbonyl (C=O) groups excluding carboxylic acids is 3. The van der Waals surface area contributed by atoms with Gasteiger partial charge in [0, 0.05) is 18.3 Å². The molecule has 0 atom stereocenters. The quantitative estimate of drug-likeness (QED) is 0.586. The molecular formula is C25H20FN3O3. The first kappa shape index (κ1) is 21.0. The molecule has 6 nitrogen and oxygen atoms in total. The first-order chi connectivity index (χ1) is 15.3. The summed E-state index contributed by atoms with van der Waals surface area (Å²) in [5, 5.41) is 5.64. The number of anilines is 3. The lowest BCUT2D eigenvalue weighted by Crippen LogP contribution is -2.32. The molecule has 7 heteroatoms. The topological polar surface area (TPSA) is 78.5 Å². The van der Waals surface area contributed by atoms with Crippen LogP contribution >= 0.6 is 0 Å². The molecular weight excluding hydrogens is 409 g/mol. The summed E-state index contributed by atoms with van der Waals surface area (Å²) < 4.78 is 13.3. The maximum Gasteiger partial charge on any atom is 0.282 e. The number of imide groups is 1. The summed E-state index contributed by atoms with van der Waals surface area (Å²) in [5.41, 5.74) is 3.35. The van der Waals surface area contributed by atoms with Crippen molar-refractivity contribution < 1.29 is 18.8 Å². The summed E-state index contributed by atoms with van der Waals surface area (Å²) in [4.78, 5) is 39.1. The predicted octanol–water partition coefficient (Wildman–Crippen LogP) is 4.49. The maximum atomic E-state index is 13.4. The van der Waals surface area contributed by atoms with Gasteiger partial charge in [-0.3, -0.25) is 14.4 Å². The molecule has 2 N–H and O–H groups in total. The monoisotopic (exact) mass is 429 g/mol. The van der Waals surface area contributed by atoms with Crippen LogP contribution in [-0.2, 0) is 14.4 Å². The molecule has 0 aliphatic carbocycles. The lowest BCUT2D eigenvalue weighted by molar-refractivity contribution is -0.120. The van der Waals surface area contributed by atoms with Crippen LogP contribution in [0.3, 0.4) is 0 Å². The van der Waals surface area contributed by atoms with Gasteiger partial charge in [0.05, 0.1) is 11.3 Å². The van der Waals surface area contributed by atoms with Gasteiger partial charge in [0.2, 0.25) is 5.91 Å². The average molecular weight is 429 g/mol. The van der Waals surface area contributed by atoms with Crippen molar-refractivity contribution in [1.29, 1.82) is 0 Å². The minimum Gasteiger partial charge on any atom is -0.350 e. The van der Waals surface area contributed by atoms with Crippen LogP contribution < -0.4 is 15.5 Å². The predicted molar refractivity (Wildman–Crippen MR) is 121 cm³/mol. The smallest absolute Gasteiger partial charge is 0.282 e. The molecule has 0 radical (unpaired) electrons. The minimum absolute atomic E-state index is 0.108. The second-order valence-corrected chi connectivity index (χ2v) is 7.42. The highest BCUT2D eigenvalue weighted by atomic mass is 19.1.